The minimum absolute atomic E-state index is 0.150. The number of likely N-dealkylation sites (tertiary alicyclic amines) is 1. The second-order valence-corrected chi connectivity index (χ2v) is 3.26. The minimum atomic E-state index is -0.350. The van der Waals surface area contributed by atoms with Crippen LogP contribution >= 0.6 is 11.9 Å². The number of carbonyl (C=O) groups is 2. The lowest BCUT2D eigenvalue weighted by atomic mass is 10.4. The standard InChI is InChI=1S/C5H7BN2O2S/c1-8-4(9)2-3(5(8)10)11-7-6/h3,7H,2H2,1H3. The van der Waals surface area contributed by atoms with E-state index in [1.807, 2.05) is 0 Å². The fourth-order valence-corrected chi connectivity index (χ4v) is 1.55. The summed E-state index contributed by atoms with van der Waals surface area (Å²) in [5.41, 5.74) is 0. The van der Waals surface area contributed by atoms with Gasteiger partial charge in [0.15, 0.2) is 7.98 Å². The summed E-state index contributed by atoms with van der Waals surface area (Å²) in [6.07, 6.45) is 0.240. The second-order valence-electron chi connectivity index (χ2n) is 2.22. The van der Waals surface area contributed by atoms with Crippen LogP contribution in [0, 0.1) is 0 Å². The van der Waals surface area contributed by atoms with Crippen LogP contribution < -0.4 is 4.63 Å². The molecule has 0 aliphatic carbocycles. The van der Waals surface area contributed by atoms with E-state index in [-0.39, 0.29) is 23.5 Å². The molecule has 58 valence electrons. The third-order valence-electron chi connectivity index (χ3n) is 1.55. The molecule has 1 aliphatic heterocycles. The second kappa shape index (κ2) is 3.27. The summed E-state index contributed by atoms with van der Waals surface area (Å²) >= 11 is 1.07. The minimum Gasteiger partial charge on any atom is -0.316 e. The highest BCUT2D eigenvalue weighted by Crippen LogP contribution is 2.20. The number of rotatable bonds is 2. The van der Waals surface area contributed by atoms with Crippen molar-refractivity contribution in [3.63, 3.8) is 0 Å². The Hall–Kier alpha value is -0.485. The molecule has 0 aromatic rings. The van der Waals surface area contributed by atoms with Gasteiger partial charge in [-0.25, -0.2) is 0 Å². The lowest BCUT2D eigenvalue weighted by Crippen LogP contribution is -2.27. The van der Waals surface area contributed by atoms with Crippen molar-refractivity contribution < 1.29 is 9.59 Å². The molecule has 4 nitrogen and oxygen atoms in total. The molecule has 1 unspecified atom stereocenters. The molecule has 0 saturated carbocycles. The van der Waals surface area contributed by atoms with Gasteiger partial charge in [-0.05, 0) is 0 Å². The van der Waals surface area contributed by atoms with Crippen molar-refractivity contribution in [1.29, 1.82) is 0 Å². The number of carbonyl (C=O) groups excluding carboxylic acids is 2. The first kappa shape index (κ1) is 8.61. The van der Waals surface area contributed by atoms with Gasteiger partial charge in [0.2, 0.25) is 11.8 Å². The number of hydrogen-bond acceptors (Lipinski definition) is 4. The molecular weight excluding hydrogens is 163 g/mol. The summed E-state index contributed by atoms with van der Waals surface area (Å²) in [5.74, 6) is -0.333. The summed E-state index contributed by atoms with van der Waals surface area (Å²) in [6, 6.07) is 0. The van der Waals surface area contributed by atoms with Crippen LogP contribution in [0.3, 0.4) is 0 Å². The Kier molecular flexibility index (Phi) is 2.56. The van der Waals surface area contributed by atoms with Gasteiger partial charge in [-0.15, -0.1) is 0 Å². The van der Waals surface area contributed by atoms with Crippen LogP contribution in [-0.4, -0.2) is 37.0 Å². The molecule has 2 amide bonds. The Morgan fingerprint density at radius 1 is 1.73 bits per heavy atom. The average molecular weight is 170 g/mol. The van der Waals surface area contributed by atoms with Crippen molar-refractivity contribution in [2.24, 2.45) is 0 Å². The van der Waals surface area contributed by atoms with E-state index >= 15 is 0 Å². The topological polar surface area (TPSA) is 49.4 Å². The van der Waals surface area contributed by atoms with Crippen LogP contribution in [0.4, 0.5) is 0 Å². The first-order chi connectivity index (χ1) is 5.16. The fraction of sp³-hybridized carbons (Fsp3) is 0.600. The molecule has 2 radical (unpaired) electrons. The number of nitrogens with zero attached hydrogens (tertiary/aromatic N) is 1. The van der Waals surface area contributed by atoms with Crippen molar-refractivity contribution in [1.82, 2.24) is 9.53 Å². The van der Waals surface area contributed by atoms with Crippen LogP contribution in [0.5, 0.6) is 0 Å². The number of nitrogens with one attached hydrogen (secondary N) is 1. The average Bonchev–Trinajstić information content (AvgIpc) is 2.19. The van der Waals surface area contributed by atoms with E-state index in [1.54, 1.807) is 0 Å². The summed E-state index contributed by atoms with van der Waals surface area (Å²) in [7, 11) is 6.47. The van der Waals surface area contributed by atoms with Gasteiger partial charge in [0.1, 0.15) is 5.25 Å². The van der Waals surface area contributed by atoms with E-state index in [0.29, 0.717) is 0 Å². The third-order valence-corrected chi connectivity index (χ3v) is 2.34. The summed E-state index contributed by atoms with van der Waals surface area (Å²) in [6.45, 7) is 0. The maximum absolute atomic E-state index is 11.1. The van der Waals surface area contributed by atoms with Gasteiger partial charge in [0.25, 0.3) is 0 Å². The van der Waals surface area contributed by atoms with Crippen molar-refractivity contribution >= 4 is 31.7 Å². The number of imide groups is 1. The number of hydrogen-bond donors (Lipinski definition) is 1. The van der Waals surface area contributed by atoms with Crippen LogP contribution in [0.25, 0.3) is 0 Å². The van der Waals surface area contributed by atoms with Gasteiger partial charge in [-0.1, -0.05) is 11.9 Å². The highest BCUT2D eigenvalue weighted by atomic mass is 32.2. The first-order valence-electron chi connectivity index (χ1n) is 3.08. The Morgan fingerprint density at radius 3 is 2.73 bits per heavy atom. The molecule has 1 atom stereocenters. The van der Waals surface area contributed by atoms with Crippen molar-refractivity contribution in [2.75, 3.05) is 7.05 Å². The number of amides is 2. The van der Waals surface area contributed by atoms with E-state index in [1.165, 1.54) is 7.05 Å². The van der Waals surface area contributed by atoms with E-state index in [4.69, 9.17) is 7.98 Å². The normalized spacial score (nSPS) is 24.8. The molecule has 0 bridgehead atoms. The van der Waals surface area contributed by atoms with Gasteiger partial charge in [0.05, 0.1) is 0 Å². The quantitative estimate of drug-likeness (QED) is 0.330. The van der Waals surface area contributed by atoms with Crippen molar-refractivity contribution in [3.8, 4) is 0 Å². The smallest absolute Gasteiger partial charge is 0.243 e. The van der Waals surface area contributed by atoms with Crippen LogP contribution in [-0.2, 0) is 9.59 Å². The molecule has 11 heavy (non-hydrogen) atoms. The molecule has 0 aromatic carbocycles. The molecule has 1 N–H and O–H groups in total. The maximum Gasteiger partial charge on any atom is 0.243 e. The van der Waals surface area contributed by atoms with Gasteiger partial charge >= 0.3 is 0 Å². The third kappa shape index (κ3) is 1.57. The molecule has 0 spiro atoms. The Balaban J connectivity index is 2.60. The zero-order valence-corrected chi connectivity index (χ0v) is 6.85. The monoisotopic (exact) mass is 170 g/mol. The molecule has 6 heteroatoms. The van der Waals surface area contributed by atoms with E-state index in [9.17, 15) is 9.59 Å². The zero-order chi connectivity index (χ0) is 8.43. The Labute approximate surface area is 70.3 Å². The molecule has 1 aliphatic rings. The van der Waals surface area contributed by atoms with Gasteiger partial charge in [0, 0.05) is 13.5 Å². The summed E-state index contributed by atoms with van der Waals surface area (Å²) in [4.78, 5) is 23.1. The van der Waals surface area contributed by atoms with Crippen LogP contribution in [0.2, 0.25) is 0 Å². The first-order valence-corrected chi connectivity index (χ1v) is 3.96. The largest absolute Gasteiger partial charge is 0.316 e. The SMILES string of the molecule is [B]NSC1CC(=O)N(C)C1=O. The summed E-state index contributed by atoms with van der Waals surface area (Å²) < 4.78 is 2.30. The van der Waals surface area contributed by atoms with Gasteiger partial charge < -0.3 is 4.63 Å². The Morgan fingerprint density at radius 2 is 2.36 bits per heavy atom. The van der Waals surface area contributed by atoms with Crippen molar-refractivity contribution in [3.05, 3.63) is 0 Å². The fourth-order valence-electron chi connectivity index (χ4n) is 0.896. The van der Waals surface area contributed by atoms with Crippen LogP contribution in [0.1, 0.15) is 6.42 Å². The highest BCUT2D eigenvalue weighted by Gasteiger charge is 2.35. The van der Waals surface area contributed by atoms with Crippen molar-refractivity contribution in [2.45, 2.75) is 11.7 Å². The molecule has 1 saturated heterocycles. The van der Waals surface area contributed by atoms with Crippen LogP contribution in [0.15, 0.2) is 0 Å². The molecule has 0 aromatic heterocycles. The predicted octanol–water partition coefficient (Wildman–Crippen LogP) is -0.935. The predicted molar refractivity (Wildman–Crippen MR) is 42.7 cm³/mol. The van der Waals surface area contributed by atoms with E-state index in [2.05, 4.69) is 4.63 Å². The lowest BCUT2D eigenvalue weighted by molar-refractivity contribution is -0.136. The van der Waals surface area contributed by atoms with E-state index in [0.717, 1.165) is 16.8 Å². The highest BCUT2D eigenvalue weighted by molar-refractivity contribution is 7.99. The Bertz CT molecular complexity index is 199. The molecule has 1 rings (SSSR count). The van der Waals surface area contributed by atoms with E-state index < -0.39 is 0 Å². The van der Waals surface area contributed by atoms with Gasteiger partial charge in [-0.3, -0.25) is 14.5 Å². The molecule has 1 heterocycles. The van der Waals surface area contributed by atoms with Gasteiger partial charge in [-0.2, -0.15) is 0 Å². The lowest BCUT2D eigenvalue weighted by Gasteiger charge is -2.06. The molecule has 1 fully saturated rings. The zero-order valence-electron chi connectivity index (χ0n) is 6.03. The summed E-state index contributed by atoms with van der Waals surface area (Å²) in [5, 5.41) is -0.350. The maximum atomic E-state index is 11.1. The molecular formula is C5H7BN2O2S.